The highest BCUT2D eigenvalue weighted by Gasteiger charge is 1.93. The molecule has 66 valence electrons. The van der Waals surface area contributed by atoms with Crippen molar-refractivity contribution in [3.05, 3.63) is 54.6 Å². The lowest BCUT2D eigenvalue weighted by Crippen LogP contribution is -1.86. The Balaban J connectivity index is 2.76. The number of aliphatic carboxylic acids is 1. The minimum Gasteiger partial charge on any atom is -0.478 e. The number of allylic oxidation sites excluding steroid dienone is 2. The molecule has 0 saturated carbocycles. The average molecular weight is 174 g/mol. The number of hydrogen-bond acceptors (Lipinski definition) is 1. The highest BCUT2D eigenvalue weighted by molar-refractivity contribution is 5.85. The van der Waals surface area contributed by atoms with Crippen molar-refractivity contribution in [3.8, 4) is 0 Å². The molecule has 0 saturated heterocycles. The fraction of sp³-hybridized carbons (Fsp3) is 0. The molecule has 0 aliphatic heterocycles. The van der Waals surface area contributed by atoms with Crippen LogP contribution >= 0.6 is 0 Å². The van der Waals surface area contributed by atoms with E-state index in [9.17, 15) is 4.79 Å². The quantitative estimate of drug-likeness (QED) is 0.564. The van der Waals surface area contributed by atoms with Crippen molar-refractivity contribution < 1.29 is 9.90 Å². The Hall–Kier alpha value is -1.83. The van der Waals surface area contributed by atoms with E-state index in [2.05, 4.69) is 6.58 Å². The molecule has 2 heteroatoms. The first-order chi connectivity index (χ1) is 6.20. The topological polar surface area (TPSA) is 37.3 Å². The molecule has 0 bridgehead atoms. The van der Waals surface area contributed by atoms with E-state index >= 15 is 0 Å². The minimum atomic E-state index is -0.961. The van der Waals surface area contributed by atoms with Gasteiger partial charge in [-0.2, -0.15) is 0 Å². The van der Waals surface area contributed by atoms with E-state index in [-0.39, 0.29) is 0 Å². The Kier molecular flexibility index (Phi) is 3.03. The lowest BCUT2D eigenvalue weighted by molar-refractivity contribution is -0.131. The summed E-state index contributed by atoms with van der Waals surface area (Å²) in [6.45, 7) is 3.75. The van der Waals surface area contributed by atoms with Crippen molar-refractivity contribution in [2.75, 3.05) is 0 Å². The van der Waals surface area contributed by atoms with Crippen LogP contribution in [0.25, 0.3) is 5.57 Å². The maximum Gasteiger partial charge on any atom is 0.328 e. The number of carboxylic acids is 1. The van der Waals surface area contributed by atoms with E-state index in [1.807, 2.05) is 30.3 Å². The van der Waals surface area contributed by atoms with Crippen LogP contribution in [0.2, 0.25) is 0 Å². The minimum absolute atomic E-state index is 0.697. The van der Waals surface area contributed by atoms with Gasteiger partial charge in [0.25, 0.3) is 0 Å². The predicted molar refractivity (Wildman–Crippen MR) is 52.3 cm³/mol. The number of carboxylic acid groups (broad SMARTS) is 1. The second kappa shape index (κ2) is 4.26. The van der Waals surface area contributed by atoms with Crippen molar-refractivity contribution in [1.82, 2.24) is 0 Å². The molecular weight excluding hydrogens is 164 g/mol. The molecule has 1 aromatic rings. The molecule has 2 nitrogen and oxygen atoms in total. The molecule has 0 fully saturated rings. The zero-order valence-electron chi connectivity index (χ0n) is 7.10. The Morgan fingerprint density at radius 2 is 1.85 bits per heavy atom. The van der Waals surface area contributed by atoms with E-state index in [0.29, 0.717) is 5.57 Å². The molecule has 0 aliphatic carbocycles. The fourth-order valence-corrected chi connectivity index (χ4v) is 0.920. The van der Waals surface area contributed by atoms with Gasteiger partial charge in [0.05, 0.1) is 0 Å². The summed E-state index contributed by atoms with van der Waals surface area (Å²) >= 11 is 0. The number of rotatable bonds is 3. The third-order valence-corrected chi connectivity index (χ3v) is 1.57. The second-order valence-electron chi connectivity index (χ2n) is 2.56. The van der Waals surface area contributed by atoms with Gasteiger partial charge in [0.2, 0.25) is 0 Å². The normalized spacial score (nSPS) is 10.2. The van der Waals surface area contributed by atoms with E-state index in [1.54, 1.807) is 0 Å². The van der Waals surface area contributed by atoms with Gasteiger partial charge in [-0.1, -0.05) is 36.9 Å². The first kappa shape index (κ1) is 9.26. The van der Waals surface area contributed by atoms with Crippen molar-refractivity contribution in [2.45, 2.75) is 0 Å². The third-order valence-electron chi connectivity index (χ3n) is 1.57. The van der Waals surface area contributed by atoms with E-state index in [1.165, 1.54) is 6.08 Å². The second-order valence-corrected chi connectivity index (χ2v) is 2.56. The summed E-state index contributed by atoms with van der Waals surface area (Å²) in [5, 5.41) is 8.38. The Morgan fingerprint density at radius 3 is 2.38 bits per heavy atom. The molecule has 0 radical (unpaired) electrons. The highest BCUT2D eigenvalue weighted by atomic mass is 16.4. The summed E-state index contributed by atoms with van der Waals surface area (Å²) in [7, 11) is 0. The molecule has 0 unspecified atom stereocenters. The molecule has 1 aromatic carbocycles. The van der Waals surface area contributed by atoms with Crippen LogP contribution < -0.4 is 0 Å². The molecule has 0 aromatic heterocycles. The largest absolute Gasteiger partial charge is 0.478 e. The van der Waals surface area contributed by atoms with Gasteiger partial charge in [-0.05, 0) is 17.2 Å². The molecule has 1 rings (SSSR count). The summed E-state index contributed by atoms with van der Waals surface area (Å²) < 4.78 is 0. The van der Waals surface area contributed by atoms with Crippen LogP contribution in [0.5, 0.6) is 0 Å². The lowest BCUT2D eigenvalue weighted by atomic mass is 10.1. The average Bonchev–Trinajstić information content (AvgIpc) is 2.15. The van der Waals surface area contributed by atoms with Crippen LogP contribution in [-0.2, 0) is 4.79 Å². The lowest BCUT2D eigenvalue weighted by Gasteiger charge is -1.97. The van der Waals surface area contributed by atoms with Gasteiger partial charge in [0.15, 0.2) is 0 Å². The Bertz CT molecular complexity index is 336. The summed E-state index contributed by atoms with van der Waals surface area (Å²) in [5.74, 6) is -0.961. The van der Waals surface area contributed by atoms with Crippen LogP contribution in [0.3, 0.4) is 0 Å². The van der Waals surface area contributed by atoms with Crippen LogP contribution in [0, 0.1) is 0 Å². The molecule has 0 heterocycles. The van der Waals surface area contributed by atoms with Crippen molar-refractivity contribution >= 4 is 11.5 Å². The van der Waals surface area contributed by atoms with Crippen molar-refractivity contribution in [2.24, 2.45) is 0 Å². The molecule has 0 atom stereocenters. The highest BCUT2D eigenvalue weighted by Crippen LogP contribution is 2.12. The Labute approximate surface area is 76.8 Å². The van der Waals surface area contributed by atoms with Crippen molar-refractivity contribution in [3.63, 3.8) is 0 Å². The number of hydrogen-bond donors (Lipinski definition) is 1. The van der Waals surface area contributed by atoms with Crippen LogP contribution in [0.15, 0.2) is 49.1 Å². The summed E-state index contributed by atoms with van der Waals surface area (Å²) in [4.78, 5) is 10.2. The molecule has 1 N–H and O–H groups in total. The third kappa shape index (κ3) is 2.95. The monoisotopic (exact) mass is 174 g/mol. The maximum atomic E-state index is 10.2. The Morgan fingerprint density at radius 1 is 1.23 bits per heavy atom. The molecule has 0 aliphatic rings. The predicted octanol–water partition coefficient (Wildman–Crippen LogP) is 2.34. The SMILES string of the molecule is C=C(/C=C\C(=O)O)c1ccccc1. The van der Waals surface area contributed by atoms with Gasteiger partial charge in [-0.25, -0.2) is 4.79 Å². The van der Waals surface area contributed by atoms with Gasteiger partial charge in [-0.3, -0.25) is 0 Å². The zero-order chi connectivity index (χ0) is 9.68. The van der Waals surface area contributed by atoms with Gasteiger partial charge in [0, 0.05) is 6.08 Å². The van der Waals surface area contributed by atoms with E-state index in [4.69, 9.17) is 5.11 Å². The smallest absolute Gasteiger partial charge is 0.328 e. The van der Waals surface area contributed by atoms with Crippen LogP contribution in [0.4, 0.5) is 0 Å². The molecule has 0 amide bonds. The molecular formula is C11H10O2. The van der Waals surface area contributed by atoms with E-state index < -0.39 is 5.97 Å². The van der Waals surface area contributed by atoms with Gasteiger partial charge < -0.3 is 5.11 Å². The molecule has 0 spiro atoms. The van der Waals surface area contributed by atoms with Crippen molar-refractivity contribution in [1.29, 1.82) is 0 Å². The number of benzene rings is 1. The zero-order valence-corrected chi connectivity index (χ0v) is 7.10. The fourth-order valence-electron chi connectivity index (χ4n) is 0.920. The van der Waals surface area contributed by atoms with Crippen LogP contribution in [0.1, 0.15) is 5.56 Å². The first-order valence-electron chi connectivity index (χ1n) is 3.85. The first-order valence-corrected chi connectivity index (χ1v) is 3.85. The van der Waals surface area contributed by atoms with Gasteiger partial charge in [-0.15, -0.1) is 0 Å². The summed E-state index contributed by atoms with van der Waals surface area (Å²) in [6, 6.07) is 9.44. The standard InChI is InChI=1S/C11H10O2/c1-9(7-8-11(12)13)10-5-3-2-4-6-10/h2-8H,1H2,(H,12,13)/b8-7-. The maximum absolute atomic E-state index is 10.2. The van der Waals surface area contributed by atoms with Gasteiger partial charge >= 0.3 is 5.97 Å². The van der Waals surface area contributed by atoms with Crippen LogP contribution in [-0.4, -0.2) is 11.1 Å². The summed E-state index contributed by atoms with van der Waals surface area (Å²) in [6.07, 6.45) is 2.56. The van der Waals surface area contributed by atoms with E-state index in [0.717, 1.165) is 11.6 Å². The molecule has 13 heavy (non-hydrogen) atoms. The summed E-state index contributed by atoms with van der Waals surface area (Å²) in [5.41, 5.74) is 1.63. The van der Waals surface area contributed by atoms with Gasteiger partial charge in [0.1, 0.15) is 0 Å². The number of carbonyl (C=O) groups is 1.